The Hall–Kier alpha value is -2.77. The van der Waals surface area contributed by atoms with Crippen LogP contribution in [-0.2, 0) is 0 Å². The Morgan fingerprint density at radius 2 is 2.19 bits per heavy atom. The second-order valence-corrected chi connectivity index (χ2v) is 7.33. The maximum atomic E-state index is 13.0. The van der Waals surface area contributed by atoms with Crippen LogP contribution in [0.4, 0.5) is 5.82 Å². The summed E-state index contributed by atoms with van der Waals surface area (Å²) in [5, 5.41) is 4.54. The molecule has 0 aliphatic rings. The van der Waals surface area contributed by atoms with E-state index in [4.69, 9.17) is 11.6 Å². The van der Waals surface area contributed by atoms with Crippen molar-refractivity contribution in [1.29, 1.82) is 0 Å². The van der Waals surface area contributed by atoms with Gasteiger partial charge in [-0.3, -0.25) is 9.36 Å². The number of benzene rings is 1. The van der Waals surface area contributed by atoms with Gasteiger partial charge in [-0.2, -0.15) is 0 Å². The highest BCUT2D eigenvalue weighted by Gasteiger charge is 2.17. The number of halogens is 1. The second-order valence-electron chi connectivity index (χ2n) is 5.89. The van der Waals surface area contributed by atoms with Gasteiger partial charge in [0.15, 0.2) is 0 Å². The Morgan fingerprint density at radius 3 is 2.96 bits per heavy atom. The number of rotatable bonds is 4. The van der Waals surface area contributed by atoms with Crippen LogP contribution in [-0.4, -0.2) is 26.1 Å². The van der Waals surface area contributed by atoms with Gasteiger partial charge in [-0.15, -0.1) is 11.3 Å². The van der Waals surface area contributed by atoms with Crippen molar-refractivity contribution in [2.24, 2.45) is 0 Å². The van der Waals surface area contributed by atoms with Crippen LogP contribution >= 0.6 is 22.9 Å². The van der Waals surface area contributed by atoms with Crippen LogP contribution in [0.5, 0.6) is 0 Å². The molecule has 26 heavy (non-hydrogen) atoms. The topological polar surface area (TPSA) is 72.7 Å². The molecular weight excluding hydrogens is 370 g/mol. The number of anilines is 1. The molecule has 8 heteroatoms. The van der Waals surface area contributed by atoms with Gasteiger partial charge in [-0.05, 0) is 25.1 Å². The monoisotopic (exact) mass is 383 g/mol. The largest absolute Gasteiger partial charge is 0.366 e. The lowest BCUT2D eigenvalue weighted by atomic mass is 10.3. The molecule has 0 bridgehead atoms. The summed E-state index contributed by atoms with van der Waals surface area (Å²) in [6.07, 6.45) is 2.99. The smallest absolute Gasteiger partial charge is 0.275 e. The molecule has 4 aromatic rings. The van der Waals surface area contributed by atoms with Crippen molar-refractivity contribution in [2.45, 2.75) is 6.92 Å². The van der Waals surface area contributed by atoms with E-state index in [9.17, 15) is 4.79 Å². The van der Waals surface area contributed by atoms with Gasteiger partial charge < -0.3 is 5.32 Å². The number of nitrogens with one attached hydrogen (secondary N) is 1. The zero-order valence-electron chi connectivity index (χ0n) is 13.9. The summed E-state index contributed by atoms with van der Waals surface area (Å²) in [5.74, 6) is 0.650. The normalized spacial score (nSPS) is 11.2. The fourth-order valence-electron chi connectivity index (χ4n) is 2.64. The van der Waals surface area contributed by atoms with Crippen LogP contribution in [0.3, 0.4) is 0 Å². The van der Waals surface area contributed by atoms with Crippen LogP contribution in [0.1, 0.15) is 6.92 Å². The van der Waals surface area contributed by atoms with Gasteiger partial charge >= 0.3 is 0 Å². The third-order valence-corrected chi connectivity index (χ3v) is 5.13. The first-order valence-electron chi connectivity index (χ1n) is 7.83. The molecular formula is C18H14ClN5OS. The molecule has 1 aromatic carbocycles. The average molecular weight is 384 g/mol. The molecule has 0 spiro atoms. The zero-order valence-corrected chi connectivity index (χ0v) is 15.4. The zero-order chi connectivity index (χ0) is 18.3. The van der Waals surface area contributed by atoms with Crippen molar-refractivity contribution in [3.8, 4) is 5.69 Å². The standard InChI is InChI=1S/C18H14ClN5OS/c1-10(2)7-20-16-13-14-15(26-17(13)22-8-21-16)18(25)24(9-23-14)12-5-3-4-11(19)6-12/h3-6,8-9H,1,7H2,2H3,(H,20,21,22). The van der Waals surface area contributed by atoms with Crippen molar-refractivity contribution in [3.05, 3.63) is 64.4 Å². The molecule has 0 fully saturated rings. The molecule has 0 saturated carbocycles. The third-order valence-electron chi connectivity index (χ3n) is 3.82. The van der Waals surface area contributed by atoms with E-state index >= 15 is 0 Å². The van der Waals surface area contributed by atoms with Gasteiger partial charge in [-0.1, -0.05) is 29.8 Å². The maximum Gasteiger partial charge on any atom is 0.275 e. The molecule has 4 rings (SSSR count). The Kier molecular flexibility index (Phi) is 4.18. The van der Waals surface area contributed by atoms with Crippen LogP contribution in [0.15, 0.2) is 53.9 Å². The van der Waals surface area contributed by atoms with Crippen LogP contribution in [0, 0.1) is 0 Å². The Balaban J connectivity index is 1.94. The van der Waals surface area contributed by atoms with E-state index in [-0.39, 0.29) is 5.56 Å². The van der Waals surface area contributed by atoms with E-state index in [1.807, 2.05) is 13.0 Å². The lowest BCUT2D eigenvalue weighted by Crippen LogP contribution is -2.17. The predicted molar refractivity (Wildman–Crippen MR) is 107 cm³/mol. The number of hydrogen-bond acceptors (Lipinski definition) is 6. The number of hydrogen-bond donors (Lipinski definition) is 1. The first-order valence-corrected chi connectivity index (χ1v) is 9.03. The summed E-state index contributed by atoms with van der Waals surface area (Å²) < 4.78 is 2.01. The molecule has 0 radical (unpaired) electrons. The predicted octanol–water partition coefficient (Wildman–Crippen LogP) is 4.03. The van der Waals surface area contributed by atoms with Crippen molar-refractivity contribution >= 4 is 49.2 Å². The van der Waals surface area contributed by atoms with Gasteiger partial charge in [0, 0.05) is 11.6 Å². The van der Waals surface area contributed by atoms with Gasteiger partial charge in [0.2, 0.25) is 0 Å². The minimum atomic E-state index is -0.161. The molecule has 0 unspecified atom stereocenters. The number of aromatic nitrogens is 4. The highest BCUT2D eigenvalue weighted by atomic mass is 35.5. The maximum absolute atomic E-state index is 13.0. The summed E-state index contributed by atoms with van der Waals surface area (Å²) in [7, 11) is 0. The third kappa shape index (κ3) is 2.85. The highest BCUT2D eigenvalue weighted by molar-refractivity contribution is 7.25. The molecule has 0 amide bonds. The minimum absolute atomic E-state index is 0.161. The summed E-state index contributed by atoms with van der Waals surface area (Å²) in [6, 6.07) is 7.10. The fraction of sp³-hybridized carbons (Fsp3) is 0.111. The molecule has 0 saturated heterocycles. The van der Waals surface area contributed by atoms with Crippen molar-refractivity contribution in [3.63, 3.8) is 0 Å². The van der Waals surface area contributed by atoms with Crippen molar-refractivity contribution in [1.82, 2.24) is 19.5 Å². The van der Waals surface area contributed by atoms with E-state index in [0.717, 1.165) is 11.0 Å². The molecule has 1 N–H and O–H groups in total. The quantitative estimate of drug-likeness (QED) is 0.538. The number of nitrogens with zero attached hydrogens (tertiary/aromatic N) is 4. The fourth-order valence-corrected chi connectivity index (χ4v) is 3.85. The van der Waals surface area contributed by atoms with E-state index in [0.29, 0.717) is 38.1 Å². The Morgan fingerprint density at radius 1 is 1.35 bits per heavy atom. The minimum Gasteiger partial charge on any atom is -0.366 e. The van der Waals surface area contributed by atoms with E-state index in [1.54, 1.807) is 18.2 Å². The number of fused-ring (bicyclic) bond motifs is 3. The van der Waals surface area contributed by atoms with Gasteiger partial charge in [0.05, 0.1) is 11.1 Å². The van der Waals surface area contributed by atoms with Crippen LogP contribution in [0.2, 0.25) is 5.02 Å². The summed E-state index contributed by atoms with van der Waals surface area (Å²) in [5.41, 5.74) is 2.08. The molecule has 0 aliphatic carbocycles. The van der Waals surface area contributed by atoms with E-state index in [1.165, 1.54) is 28.6 Å². The van der Waals surface area contributed by atoms with Crippen LogP contribution < -0.4 is 10.9 Å². The molecule has 6 nitrogen and oxygen atoms in total. The first-order chi connectivity index (χ1) is 12.5. The van der Waals surface area contributed by atoms with Crippen molar-refractivity contribution in [2.75, 3.05) is 11.9 Å². The van der Waals surface area contributed by atoms with E-state index < -0.39 is 0 Å². The average Bonchev–Trinajstić information content (AvgIpc) is 3.00. The van der Waals surface area contributed by atoms with Gasteiger partial charge in [0.25, 0.3) is 5.56 Å². The lowest BCUT2D eigenvalue weighted by Gasteiger charge is -2.07. The molecule has 3 aromatic heterocycles. The molecule has 3 heterocycles. The lowest BCUT2D eigenvalue weighted by molar-refractivity contribution is 0.967. The number of thiophene rings is 1. The van der Waals surface area contributed by atoms with Crippen molar-refractivity contribution < 1.29 is 0 Å². The van der Waals surface area contributed by atoms with E-state index in [2.05, 4.69) is 26.8 Å². The first kappa shape index (κ1) is 16.7. The summed E-state index contributed by atoms with van der Waals surface area (Å²) >= 11 is 7.35. The molecule has 0 aliphatic heterocycles. The summed E-state index contributed by atoms with van der Waals surface area (Å²) in [4.78, 5) is 26.8. The Labute approximate surface area is 157 Å². The van der Waals surface area contributed by atoms with Crippen LogP contribution in [0.25, 0.3) is 26.1 Å². The SMILES string of the molecule is C=C(C)CNc1ncnc2sc3c(=O)n(-c4cccc(Cl)c4)cnc3c12. The molecule has 130 valence electrons. The molecule has 0 atom stereocenters. The Bertz CT molecular complexity index is 1210. The van der Waals surface area contributed by atoms with Gasteiger partial charge in [0.1, 0.15) is 33.5 Å². The second kappa shape index (κ2) is 6.51. The summed E-state index contributed by atoms with van der Waals surface area (Å²) in [6.45, 7) is 6.40. The van der Waals surface area contributed by atoms with Gasteiger partial charge in [-0.25, -0.2) is 15.0 Å². The highest BCUT2D eigenvalue weighted by Crippen LogP contribution is 2.33.